The van der Waals surface area contributed by atoms with Gasteiger partial charge in [0.05, 0.1) is 0 Å². The molecule has 0 heteroatoms. The summed E-state index contributed by atoms with van der Waals surface area (Å²) in [5.74, 6) is 2.81. The smallest absolute Gasteiger partial charge is 0.0414 e. The van der Waals surface area contributed by atoms with E-state index in [4.69, 9.17) is 0 Å². The molecule has 0 saturated heterocycles. The van der Waals surface area contributed by atoms with E-state index in [1.54, 1.807) is 0 Å². The van der Waals surface area contributed by atoms with Gasteiger partial charge in [0.2, 0.25) is 0 Å². The zero-order valence-electron chi connectivity index (χ0n) is 11.0. The van der Waals surface area contributed by atoms with Crippen molar-refractivity contribution in [3.8, 4) is 0 Å². The van der Waals surface area contributed by atoms with Gasteiger partial charge in [0.1, 0.15) is 0 Å². The summed E-state index contributed by atoms with van der Waals surface area (Å²) >= 11 is 0. The van der Waals surface area contributed by atoms with Crippen LogP contribution in [0, 0.1) is 17.8 Å². The number of rotatable bonds is 8. The summed E-state index contributed by atoms with van der Waals surface area (Å²) in [5.41, 5.74) is 0. The largest absolute Gasteiger partial charge is 0.0654 e. The lowest BCUT2D eigenvalue weighted by Crippen LogP contribution is -2.07. The average molecular weight is 198 g/mol. The van der Waals surface area contributed by atoms with E-state index in [1.807, 2.05) is 0 Å². The standard InChI is InChI=1S/C14H30/c1-6-8-13(5)11-14(7-2)10-9-12(3)4/h12-14H,6-11H2,1-5H3. The molecule has 0 bridgehead atoms. The van der Waals surface area contributed by atoms with Crippen LogP contribution in [0.2, 0.25) is 0 Å². The normalized spacial score (nSPS) is 15.9. The predicted octanol–water partition coefficient (Wildman–Crippen LogP) is 5.28. The van der Waals surface area contributed by atoms with Crippen molar-refractivity contribution < 1.29 is 0 Å². The van der Waals surface area contributed by atoms with Crippen LogP contribution in [-0.2, 0) is 0 Å². The molecule has 0 aromatic heterocycles. The zero-order valence-corrected chi connectivity index (χ0v) is 11.0. The van der Waals surface area contributed by atoms with Crippen molar-refractivity contribution in [1.82, 2.24) is 0 Å². The molecule has 0 aliphatic heterocycles. The molecule has 0 rings (SSSR count). The van der Waals surface area contributed by atoms with Crippen LogP contribution in [0.3, 0.4) is 0 Å². The van der Waals surface area contributed by atoms with Crippen LogP contribution in [-0.4, -0.2) is 0 Å². The summed E-state index contributed by atoms with van der Waals surface area (Å²) in [6.07, 6.45) is 8.46. The van der Waals surface area contributed by atoms with Crippen LogP contribution in [0.25, 0.3) is 0 Å². The van der Waals surface area contributed by atoms with E-state index >= 15 is 0 Å². The maximum Gasteiger partial charge on any atom is -0.0414 e. The SMILES string of the molecule is CCCC(C)CC(CC)CCC(C)C. The Morgan fingerprint density at radius 3 is 1.93 bits per heavy atom. The average Bonchev–Trinajstić information content (AvgIpc) is 2.12. The monoisotopic (exact) mass is 198 g/mol. The van der Waals surface area contributed by atoms with Crippen LogP contribution in [0.1, 0.15) is 73.1 Å². The summed E-state index contributed by atoms with van der Waals surface area (Å²) in [5, 5.41) is 0. The Bertz CT molecular complexity index is 115. The third kappa shape index (κ3) is 7.41. The van der Waals surface area contributed by atoms with Gasteiger partial charge < -0.3 is 0 Å². The van der Waals surface area contributed by atoms with Crippen molar-refractivity contribution in [2.24, 2.45) is 17.8 Å². The van der Waals surface area contributed by atoms with Crippen LogP contribution >= 0.6 is 0 Å². The van der Waals surface area contributed by atoms with E-state index in [0.29, 0.717) is 0 Å². The Morgan fingerprint density at radius 2 is 1.50 bits per heavy atom. The molecule has 0 nitrogen and oxygen atoms in total. The van der Waals surface area contributed by atoms with E-state index in [0.717, 1.165) is 17.8 Å². The fourth-order valence-corrected chi connectivity index (χ4v) is 2.24. The van der Waals surface area contributed by atoms with Gasteiger partial charge in [-0.1, -0.05) is 66.7 Å². The molecule has 0 spiro atoms. The molecule has 0 aromatic rings. The van der Waals surface area contributed by atoms with E-state index in [1.165, 1.54) is 38.5 Å². The van der Waals surface area contributed by atoms with Gasteiger partial charge in [-0.15, -0.1) is 0 Å². The van der Waals surface area contributed by atoms with Gasteiger partial charge in [0.25, 0.3) is 0 Å². The Balaban J connectivity index is 3.66. The Labute approximate surface area is 91.5 Å². The van der Waals surface area contributed by atoms with Crippen LogP contribution in [0.5, 0.6) is 0 Å². The van der Waals surface area contributed by atoms with Gasteiger partial charge >= 0.3 is 0 Å². The van der Waals surface area contributed by atoms with Crippen LogP contribution < -0.4 is 0 Å². The predicted molar refractivity (Wildman–Crippen MR) is 66.5 cm³/mol. The summed E-state index contributed by atoms with van der Waals surface area (Å²) < 4.78 is 0. The highest BCUT2D eigenvalue weighted by Gasteiger charge is 2.11. The maximum absolute atomic E-state index is 2.42. The molecule has 0 N–H and O–H groups in total. The summed E-state index contributed by atoms with van der Waals surface area (Å²) in [6.45, 7) is 11.7. The third-order valence-corrected chi connectivity index (χ3v) is 3.25. The molecule has 0 aromatic carbocycles. The molecule has 0 amide bonds. The molecule has 0 aliphatic rings. The zero-order chi connectivity index (χ0) is 11.0. The Hall–Kier alpha value is 0. The quantitative estimate of drug-likeness (QED) is 0.498. The minimum absolute atomic E-state index is 0.880. The summed E-state index contributed by atoms with van der Waals surface area (Å²) in [7, 11) is 0. The first kappa shape index (κ1) is 14.0. The van der Waals surface area contributed by atoms with E-state index in [2.05, 4.69) is 34.6 Å². The number of hydrogen-bond acceptors (Lipinski definition) is 0. The third-order valence-electron chi connectivity index (χ3n) is 3.25. The molecule has 2 atom stereocenters. The van der Waals surface area contributed by atoms with Gasteiger partial charge in [0, 0.05) is 0 Å². The van der Waals surface area contributed by atoms with Gasteiger partial charge in [0.15, 0.2) is 0 Å². The lowest BCUT2D eigenvalue weighted by atomic mass is 9.86. The summed E-state index contributed by atoms with van der Waals surface area (Å²) in [6, 6.07) is 0. The van der Waals surface area contributed by atoms with Crippen molar-refractivity contribution in [3.05, 3.63) is 0 Å². The van der Waals surface area contributed by atoms with Gasteiger partial charge in [-0.3, -0.25) is 0 Å². The second kappa shape index (κ2) is 8.32. The first-order valence-electron chi connectivity index (χ1n) is 6.60. The van der Waals surface area contributed by atoms with Gasteiger partial charge in [-0.2, -0.15) is 0 Å². The second-order valence-electron chi connectivity index (χ2n) is 5.38. The summed E-state index contributed by atoms with van der Waals surface area (Å²) in [4.78, 5) is 0. The number of hydrogen-bond donors (Lipinski definition) is 0. The minimum Gasteiger partial charge on any atom is -0.0654 e. The molecule has 14 heavy (non-hydrogen) atoms. The van der Waals surface area contributed by atoms with Crippen LogP contribution in [0.15, 0.2) is 0 Å². The lowest BCUT2D eigenvalue weighted by molar-refractivity contribution is 0.325. The van der Waals surface area contributed by atoms with Crippen molar-refractivity contribution in [1.29, 1.82) is 0 Å². The fourth-order valence-electron chi connectivity index (χ4n) is 2.24. The Morgan fingerprint density at radius 1 is 0.857 bits per heavy atom. The molecule has 0 heterocycles. The highest BCUT2D eigenvalue weighted by Crippen LogP contribution is 2.24. The molecular weight excluding hydrogens is 168 g/mol. The van der Waals surface area contributed by atoms with Crippen LogP contribution in [0.4, 0.5) is 0 Å². The minimum atomic E-state index is 0.880. The molecule has 0 saturated carbocycles. The molecule has 0 aliphatic carbocycles. The fraction of sp³-hybridized carbons (Fsp3) is 1.00. The maximum atomic E-state index is 2.42. The van der Waals surface area contributed by atoms with Crippen molar-refractivity contribution in [2.75, 3.05) is 0 Å². The topological polar surface area (TPSA) is 0 Å². The second-order valence-corrected chi connectivity index (χ2v) is 5.38. The highest BCUT2D eigenvalue weighted by atomic mass is 14.2. The van der Waals surface area contributed by atoms with Crippen molar-refractivity contribution in [2.45, 2.75) is 73.1 Å². The van der Waals surface area contributed by atoms with Crippen molar-refractivity contribution in [3.63, 3.8) is 0 Å². The first-order chi connectivity index (χ1) is 6.60. The van der Waals surface area contributed by atoms with Gasteiger partial charge in [-0.05, 0) is 24.2 Å². The van der Waals surface area contributed by atoms with Crippen molar-refractivity contribution >= 4 is 0 Å². The van der Waals surface area contributed by atoms with Gasteiger partial charge in [-0.25, -0.2) is 0 Å². The van der Waals surface area contributed by atoms with E-state index < -0.39 is 0 Å². The molecule has 2 unspecified atom stereocenters. The molecular formula is C14H30. The molecule has 0 fully saturated rings. The molecule has 86 valence electrons. The van der Waals surface area contributed by atoms with E-state index in [-0.39, 0.29) is 0 Å². The lowest BCUT2D eigenvalue weighted by Gasteiger charge is -2.20. The highest BCUT2D eigenvalue weighted by molar-refractivity contribution is 4.63. The Kier molecular flexibility index (Phi) is 8.32. The molecule has 0 radical (unpaired) electrons. The van der Waals surface area contributed by atoms with E-state index in [9.17, 15) is 0 Å². The first-order valence-corrected chi connectivity index (χ1v) is 6.60.